The summed E-state index contributed by atoms with van der Waals surface area (Å²) in [6, 6.07) is 7.58. The summed E-state index contributed by atoms with van der Waals surface area (Å²) in [6.07, 6.45) is 4.07. The Morgan fingerprint density at radius 3 is 2.68 bits per heavy atom. The van der Waals surface area contributed by atoms with Crippen LogP contribution >= 0.6 is 15.9 Å². The fourth-order valence-electron chi connectivity index (χ4n) is 2.84. The third-order valence-electron chi connectivity index (χ3n) is 4.16. The minimum absolute atomic E-state index is 0.297. The van der Waals surface area contributed by atoms with Crippen LogP contribution in [0.15, 0.2) is 34.9 Å². The molecular formula is C18H20BrN3O3. The number of nitrogens with zero attached hydrogens (tertiary/aromatic N) is 1. The van der Waals surface area contributed by atoms with Crippen LogP contribution in [-0.2, 0) is 9.53 Å². The number of anilines is 2. The van der Waals surface area contributed by atoms with Gasteiger partial charge in [0.1, 0.15) is 5.69 Å². The van der Waals surface area contributed by atoms with Crippen LogP contribution in [-0.4, -0.2) is 36.6 Å². The number of aromatic amines is 1. The first-order valence-electron chi connectivity index (χ1n) is 8.19. The summed E-state index contributed by atoms with van der Waals surface area (Å²) in [7, 11) is 0. The molecule has 25 heavy (non-hydrogen) atoms. The predicted molar refractivity (Wildman–Crippen MR) is 100 cm³/mol. The van der Waals surface area contributed by atoms with Gasteiger partial charge in [-0.15, -0.1) is 0 Å². The lowest BCUT2D eigenvalue weighted by molar-refractivity contribution is -0.119. The van der Waals surface area contributed by atoms with Crippen LogP contribution in [0, 0.1) is 6.92 Å². The van der Waals surface area contributed by atoms with Gasteiger partial charge in [-0.3, -0.25) is 4.79 Å². The number of esters is 1. The van der Waals surface area contributed by atoms with Gasteiger partial charge in [0.2, 0.25) is 0 Å². The van der Waals surface area contributed by atoms with Crippen LogP contribution < -0.4 is 10.2 Å². The van der Waals surface area contributed by atoms with Crippen LogP contribution in [0.3, 0.4) is 0 Å². The molecule has 1 aromatic heterocycles. The molecule has 6 nitrogen and oxygen atoms in total. The topological polar surface area (TPSA) is 74.4 Å². The van der Waals surface area contributed by atoms with E-state index >= 15 is 0 Å². The maximum Gasteiger partial charge on any atom is 0.355 e. The number of aromatic nitrogens is 1. The summed E-state index contributed by atoms with van der Waals surface area (Å²) in [5, 5.41) is 2.79. The first kappa shape index (κ1) is 17.5. The first-order chi connectivity index (χ1) is 12.0. The molecule has 132 valence electrons. The van der Waals surface area contributed by atoms with Gasteiger partial charge in [0.15, 0.2) is 6.61 Å². The molecule has 3 rings (SSSR count). The largest absolute Gasteiger partial charge is 0.451 e. The number of halogens is 1. The molecule has 1 aromatic carbocycles. The average molecular weight is 406 g/mol. The predicted octanol–water partition coefficient (Wildman–Crippen LogP) is 3.48. The van der Waals surface area contributed by atoms with E-state index in [9.17, 15) is 9.59 Å². The fourth-order valence-corrected chi connectivity index (χ4v) is 3.18. The van der Waals surface area contributed by atoms with Crippen molar-refractivity contribution in [2.24, 2.45) is 0 Å². The van der Waals surface area contributed by atoms with E-state index in [4.69, 9.17) is 4.74 Å². The van der Waals surface area contributed by atoms with Crippen molar-refractivity contribution in [3.8, 4) is 0 Å². The molecule has 2 heterocycles. The summed E-state index contributed by atoms with van der Waals surface area (Å²) in [6.45, 7) is 3.78. The highest BCUT2D eigenvalue weighted by atomic mass is 79.9. The normalized spacial score (nSPS) is 13.8. The summed E-state index contributed by atoms with van der Waals surface area (Å²) in [5.74, 6) is -0.932. The van der Waals surface area contributed by atoms with E-state index in [2.05, 4.69) is 37.2 Å². The maximum absolute atomic E-state index is 12.0. The van der Waals surface area contributed by atoms with Crippen molar-refractivity contribution in [3.05, 3.63) is 46.2 Å². The zero-order valence-electron chi connectivity index (χ0n) is 14.0. The number of hydrogen-bond acceptors (Lipinski definition) is 4. The van der Waals surface area contributed by atoms with Crippen molar-refractivity contribution in [3.63, 3.8) is 0 Å². The Kier molecular flexibility index (Phi) is 5.43. The Labute approximate surface area is 154 Å². The zero-order chi connectivity index (χ0) is 17.8. The summed E-state index contributed by atoms with van der Waals surface area (Å²) >= 11 is 3.24. The molecule has 1 aliphatic heterocycles. The molecule has 0 bridgehead atoms. The number of amides is 1. The van der Waals surface area contributed by atoms with Gasteiger partial charge in [0, 0.05) is 35.1 Å². The van der Waals surface area contributed by atoms with E-state index in [0.29, 0.717) is 5.69 Å². The zero-order valence-corrected chi connectivity index (χ0v) is 15.6. The molecule has 7 heteroatoms. The van der Waals surface area contributed by atoms with E-state index in [-0.39, 0.29) is 12.5 Å². The minimum atomic E-state index is -0.568. The molecule has 1 fully saturated rings. The molecule has 1 aliphatic rings. The molecule has 0 saturated carbocycles. The van der Waals surface area contributed by atoms with Crippen molar-refractivity contribution in [1.82, 2.24) is 4.98 Å². The average Bonchev–Trinajstić information content (AvgIpc) is 3.26. The second kappa shape index (κ2) is 7.74. The summed E-state index contributed by atoms with van der Waals surface area (Å²) in [5.41, 5.74) is 3.19. The summed E-state index contributed by atoms with van der Waals surface area (Å²) < 4.78 is 5.76. The standard InChI is InChI=1S/C18H20BrN3O3/c1-12-8-14(22-6-2-3-7-22)4-5-15(12)21-17(23)11-25-18(24)16-9-13(19)10-20-16/h4-5,8-10,20H,2-3,6-7,11H2,1H3,(H,21,23). The van der Waals surface area contributed by atoms with E-state index in [1.54, 1.807) is 12.3 Å². The number of hydrogen-bond donors (Lipinski definition) is 2. The number of ether oxygens (including phenoxy) is 1. The molecular weight excluding hydrogens is 386 g/mol. The number of rotatable bonds is 5. The SMILES string of the molecule is Cc1cc(N2CCCC2)ccc1NC(=O)COC(=O)c1cc(Br)c[nH]1. The Balaban J connectivity index is 1.54. The smallest absolute Gasteiger partial charge is 0.355 e. The van der Waals surface area contributed by atoms with Crippen molar-refractivity contribution >= 4 is 39.2 Å². The molecule has 2 N–H and O–H groups in total. The fraction of sp³-hybridized carbons (Fsp3) is 0.333. The van der Waals surface area contributed by atoms with Gasteiger partial charge >= 0.3 is 5.97 Å². The van der Waals surface area contributed by atoms with Gasteiger partial charge in [0.05, 0.1) is 0 Å². The van der Waals surface area contributed by atoms with Crippen molar-refractivity contribution in [2.75, 3.05) is 29.9 Å². The van der Waals surface area contributed by atoms with Gasteiger partial charge in [-0.1, -0.05) is 0 Å². The second-order valence-electron chi connectivity index (χ2n) is 6.05. The van der Waals surface area contributed by atoms with Crippen molar-refractivity contribution < 1.29 is 14.3 Å². The number of aryl methyl sites for hydroxylation is 1. The van der Waals surface area contributed by atoms with Crippen LogP contribution in [0.4, 0.5) is 11.4 Å². The van der Waals surface area contributed by atoms with Gasteiger partial charge in [-0.2, -0.15) is 0 Å². The third kappa shape index (κ3) is 4.42. The van der Waals surface area contributed by atoms with Crippen molar-refractivity contribution in [1.29, 1.82) is 0 Å². The highest BCUT2D eigenvalue weighted by Crippen LogP contribution is 2.25. The van der Waals surface area contributed by atoms with E-state index in [1.807, 2.05) is 19.1 Å². The minimum Gasteiger partial charge on any atom is -0.451 e. The molecule has 2 aromatic rings. The van der Waals surface area contributed by atoms with E-state index in [1.165, 1.54) is 18.5 Å². The molecule has 0 aliphatic carbocycles. The number of benzene rings is 1. The maximum atomic E-state index is 12.0. The molecule has 1 amide bonds. The van der Waals surface area contributed by atoms with Crippen LogP contribution in [0.5, 0.6) is 0 Å². The molecule has 0 spiro atoms. The van der Waals surface area contributed by atoms with Gasteiger partial charge in [-0.05, 0) is 65.5 Å². The van der Waals surface area contributed by atoms with Gasteiger partial charge in [0.25, 0.3) is 5.91 Å². The lowest BCUT2D eigenvalue weighted by Gasteiger charge is -2.19. The summed E-state index contributed by atoms with van der Waals surface area (Å²) in [4.78, 5) is 28.9. The Morgan fingerprint density at radius 1 is 1.28 bits per heavy atom. The highest BCUT2D eigenvalue weighted by molar-refractivity contribution is 9.10. The quantitative estimate of drug-likeness (QED) is 0.746. The van der Waals surface area contributed by atoms with Crippen LogP contribution in [0.2, 0.25) is 0 Å². The molecule has 0 radical (unpaired) electrons. The molecule has 1 saturated heterocycles. The van der Waals surface area contributed by atoms with Gasteiger partial charge in [-0.25, -0.2) is 4.79 Å². The highest BCUT2D eigenvalue weighted by Gasteiger charge is 2.15. The third-order valence-corrected chi connectivity index (χ3v) is 4.62. The van der Waals surface area contributed by atoms with Crippen LogP contribution in [0.25, 0.3) is 0 Å². The monoisotopic (exact) mass is 405 g/mol. The number of carbonyl (C=O) groups is 2. The molecule has 0 unspecified atom stereocenters. The number of carbonyl (C=O) groups excluding carboxylic acids is 2. The lowest BCUT2D eigenvalue weighted by atomic mass is 10.1. The second-order valence-corrected chi connectivity index (χ2v) is 6.96. The Morgan fingerprint density at radius 2 is 2.04 bits per heavy atom. The Bertz CT molecular complexity index is 782. The van der Waals surface area contributed by atoms with E-state index in [0.717, 1.165) is 28.8 Å². The van der Waals surface area contributed by atoms with Crippen molar-refractivity contribution in [2.45, 2.75) is 19.8 Å². The lowest BCUT2D eigenvalue weighted by Crippen LogP contribution is -2.22. The molecule has 0 atom stereocenters. The number of nitrogens with one attached hydrogen (secondary N) is 2. The Hall–Kier alpha value is -2.28. The first-order valence-corrected chi connectivity index (χ1v) is 8.99. The van der Waals surface area contributed by atoms with Crippen LogP contribution in [0.1, 0.15) is 28.9 Å². The van der Waals surface area contributed by atoms with E-state index < -0.39 is 5.97 Å². The number of H-pyrrole nitrogens is 1. The van der Waals surface area contributed by atoms with Gasteiger partial charge < -0.3 is 19.9 Å².